The molecule has 1 N–H and O–H groups in total. The van der Waals surface area contributed by atoms with Crippen molar-refractivity contribution in [2.24, 2.45) is 17.8 Å². The zero-order valence-electron chi connectivity index (χ0n) is 24.8. The van der Waals surface area contributed by atoms with Crippen LogP contribution >= 0.6 is 0 Å². The fourth-order valence-electron chi connectivity index (χ4n) is 6.08. The topological polar surface area (TPSA) is 46.5 Å². The van der Waals surface area contributed by atoms with Crippen molar-refractivity contribution in [3.63, 3.8) is 0 Å². The van der Waals surface area contributed by atoms with E-state index in [1.165, 1.54) is 6.42 Å². The van der Waals surface area contributed by atoms with Gasteiger partial charge in [-0.05, 0) is 75.5 Å². The van der Waals surface area contributed by atoms with Gasteiger partial charge in [-0.15, -0.1) is 0 Å². The molecule has 3 nitrogen and oxygen atoms in total. The van der Waals surface area contributed by atoms with Crippen LogP contribution in [0.5, 0.6) is 5.75 Å². The maximum atomic E-state index is 14.0. The smallest absolute Gasteiger partial charge is 0.339 e. The van der Waals surface area contributed by atoms with Gasteiger partial charge in [-0.25, -0.2) is 4.79 Å². The number of hydrogen-bond donors (Lipinski definition) is 1. The summed E-state index contributed by atoms with van der Waals surface area (Å²) in [5.41, 5.74) is 3.73. The molecular formula is C35H46O3. The highest BCUT2D eigenvalue weighted by Gasteiger charge is 2.35. The number of esters is 1. The Kier molecular flexibility index (Phi) is 7.72. The monoisotopic (exact) mass is 514 g/mol. The van der Waals surface area contributed by atoms with E-state index in [1.54, 1.807) is 0 Å². The van der Waals surface area contributed by atoms with Crippen LogP contribution in [0.2, 0.25) is 0 Å². The highest BCUT2D eigenvalue weighted by atomic mass is 16.5. The Labute approximate surface area is 229 Å². The van der Waals surface area contributed by atoms with Crippen molar-refractivity contribution in [3.05, 3.63) is 65.2 Å². The molecule has 0 radical (unpaired) electrons. The minimum atomic E-state index is -0.297. The summed E-state index contributed by atoms with van der Waals surface area (Å²) in [5, 5.41) is 13.6. The van der Waals surface area contributed by atoms with Crippen LogP contribution in [0.3, 0.4) is 0 Å². The third-order valence-corrected chi connectivity index (χ3v) is 8.41. The number of carbonyl (C=O) groups excluding carboxylic acids is 1. The lowest BCUT2D eigenvalue weighted by atomic mass is 9.75. The van der Waals surface area contributed by atoms with Crippen molar-refractivity contribution in [2.75, 3.05) is 0 Å². The molecule has 0 amide bonds. The van der Waals surface area contributed by atoms with Crippen molar-refractivity contribution in [1.29, 1.82) is 0 Å². The average Bonchev–Trinajstić information content (AvgIpc) is 2.81. The molecule has 0 aromatic heterocycles. The largest absolute Gasteiger partial charge is 0.507 e. The number of hydrogen-bond acceptors (Lipinski definition) is 3. The maximum absolute atomic E-state index is 14.0. The van der Waals surface area contributed by atoms with E-state index in [1.807, 2.05) is 36.4 Å². The normalized spacial score (nSPS) is 20.6. The SMILES string of the molecule is CC(C)[C@@H]1CC[C@@H](C)C[C@H]1OC(=O)c1ccc2ccccc2c1-c1c(O)cc(C(C)(C)C)cc1C(C)(C)C. The van der Waals surface area contributed by atoms with E-state index >= 15 is 0 Å². The van der Waals surface area contributed by atoms with Crippen LogP contribution in [-0.2, 0) is 15.6 Å². The molecule has 38 heavy (non-hydrogen) atoms. The lowest BCUT2D eigenvalue weighted by Gasteiger charge is -2.37. The number of rotatable bonds is 4. The summed E-state index contributed by atoms with van der Waals surface area (Å²) >= 11 is 0. The van der Waals surface area contributed by atoms with E-state index in [0.29, 0.717) is 23.3 Å². The van der Waals surface area contributed by atoms with Crippen LogP contribution in [0.4, 0.5) is 0 Å². The summed E-state index contributed by atoms with van der Waals surface area (Å²) in [6.45, 7) is 19.7. The van der Waals surface area contributed by atoms with E-state index < -0.39 is 0 Å². The van der Waals surface area contributed by atoms with Crippen molar-refractivity contribution >= 4 is 16.7 Å². The van der Waals surface area contributed by atoms with Gasteiger partial charge in [0.1, 0.15) is 11.9 Å². The highest BCUT2D eigenvalue weighted by Crippen LogP contribution is 2.46. The van der Waals surface area contributed by atoms with Crippen LogP contribution in [-0.4, -0.2) is 17.2 Å². The first-order valence-corrected chi connectivity index (χ1v) is 14.3. The van der Waals surface area contributed by atoms with Gasteiger partial charge < -0.3 is 9.84 Å². The minimum Gasteiger partial charge on any atom is -0.507 e. The second kappa shape index (κ2) is 10.4. The van der Waals surface area contributed by atoms with E-state index in [-0.39, 0.29) is 28.7 Å². The molecule has 0 bridgehead atoms. The molecule has 3 atom stereocenters. The fraction of sp³-hybridized carbons (Fsp3) is 0.514. The number of benzene rings is 3. The molecule has 0 heterocycles. The zero-order chi connectivity index (χ0) is 28.0. The third kappa shape index (κ3) is 5.63. The van der Waals surface area contributed by atoms with E-state index in [9.17, 15) is 9.90 Å². The van der Waals surface area contributed by atoms with Gasteiger partial charge >= 0.3 is 5.97 Å². The van der Waals surface area contributed by atoms with Gasteiger partial charge in [0, 0.05) is 11.1 Å². The molecule has 3 aromatic carbocycles. The molecule has 1 aliphatic carbocycles. The van der Waals surface area contributed by atoms with E-state index in [2.05, 4.69) is 74.4 Å². The second-order valence-corrected chi connectivity index (χ2v) is 13.9. The summed E-state index contributed by atoms with van der Waals surface area (Å²) in [7, 11) is 0. The summed E-state index contributed by atoms with van der Waals surface area (Å²) in [6, 6.07) is 16.1. The molecule has 3 heteroatoms. The number of aromatic hydroxyl groups is 1. The lowest BCUT2D eigenvalue weighted by Crippen LogP contribution is -2.36. The number of ether oxygens (including phenoxy) is 1. The van der Waals surface area contributed by atoms with Crippen LogP contribution in [0.1, 0.15) is 103 Å². The molecule has 0 spiro atoms. The maximum Gasteiger partial charge on any atom is 0.339 e. The lowest BCUT2D eigenvalue weighted by molar-refractivity contribution is -0.0173. The Hall–Kier alpha value is -2.81. The molecule has 1 saturated carbocycles. The highest BCUT2D eigenvalue weighted by molar-refractivity contribution is 6.09. The summed E-state index contributed by atoms with van der Waals surface area (Å²) in [5.74, 6) is 1.27. The van der Waals surface area contributed by atoms with Gasteiger partial charge in [0.25, 0.3) is 0 Å². The summed E-state index contributed by atoms with van der Waals surface area (Å²) in [4.78, 5) is 14.0. The number of phenolic OH excluding ortho intramolecular Hbond substituents is 1. The molecule has 204 valence electrons. The van der Waals surface area contributed by atoms with E-state index in [0.717, 1.165) is 45.9 Å². The number of carbonyl (C=O) groups is 1. The molecule has 1 fully saturated rings. The first kappa shape index (κ1) is 28.2. The average molecular weight is 515 g/mol. The summed E-state index contributed by atoms with van der Waals surface area (Å²) < 4.78 is 6.36. The molecule has 3 aromatic rings. The van der Waals surface area contributed by atoms with Crippen molar-refractivity contribution < 1.29 is 14.6 Å². The Balaban J connectivity index is 1.94. The van der Waals surface area contributed by atoms with Crippen LogP contribution in [0.25, 0.3) is 21.9 Å². The van der Waals surface area contributed by atoms with E-state index in [4.69, 9.17) is 4.74 Å². The Morgan fingerprint density at radius 1 is 0.921 bits per heavy atom. The van der Waals surface area contributed by atoms with Crippen LogP contribution < -0.4 is 0 Å². The Morgan fingerprint density at radius 3 is 2.24 bits per heavy atom. The second-order valence-electron chi connectivity index (χ2n) is 13.9. The predicted molar refractivity (Wildman–Crippen MR) is 159 cm³/mol. The quantitative estimate of drug-likeness (QED) is 0.353. The van der Waals surface area contributed by atoms with Gasteiger partial charge in [0.05, 0.1) is 5.56 Å². The number of phenols is 1. The Bertz CT molecular complexity index is 1320. The van der Waals surface area contributed by atoms with Gasteiger partial charge in [0.2, 0.25) is 0 Å². The standard InChI is InChI=1S/C35H46O3/c1-21(2)25-16-14-22(3)18-30(25)38-33(37)27-17-15-23-12-10-11-13-26(23)31(27)32-28(35(7,8)9)19-24(20-29(32)36)34(4,5)6/h10-13,15,17,19-22,25,30,36H,14,16,18H2,1-9H3/t22-,25+,30-/m1/s1. The molecule has 0 saturated heterocycles. The summed E-state index contributed by atoms with van der Waals surface area (Å²) in [6.07, 6.45) is 3.08. The van der Waals surface area contributed by atoms with Crippen molar-refractivity contribution in [1.82, 2.24) is 0 Å². The first-order chi connectivity index (χ1) is 17.7. The van der Waals surface area contributed by atoms with Crippen LogP contribution in [0, 0.1) is 17.8 Å². The fourth-order valence-corrected chi connectivity index (χ4v) is 6.08. The van der Waals surface area contributed by atoms with Gasteiger partial charge in [-0.2, -0.15) is 0 Å². The molecule has 1 aliphatic rings. The van der Waals surface area contributed by atoms with Gasteiger partial charge in [-0.1, -0.05) is 105 Å². The number of fused-ring (bicyclic) bond motifs is 1. The van der Waals surface area contributed by atoms with Crippen molar-refractivity contribution in [3.8, 4) is 16.9 Å². The molecule has 4 rings (SSSR count). The third-order valence-electron chi connectivity index (χ3n) is 8.41. The minimum absolute atomic E-state index is 0.0930. The molecular weight excluding hydrogens is 468 g/mol. The van der Waals surface area contributed by atoms with Gasteiger partial charge in [-0.3, -0.25) is 0 Å². The molecule has 0 aliphatic heterocycles. The first-order valence-electron chi connectivity index (χ1n) is 14.3. The predicted octanol–water partition coefficient (Wildman–Crippen LogP) is 9.43. The van der Waals surface area contributed by atoms with Crippen LogP contribution in [0.15, 0.2) is 48.5 Å². The zero-order valence-corrected chi connectivity index (χ0v) is 24.8. The Morgan fingerprint density at radius 2 is 1.61 bits per heavy atom. The van der Waals surface area contributed by atoms with Crippen molar-refractivity contribution in [2.45, 2.75) is 98.5 Å². The van der Waals surface area contributed by atoms with Gasteiger partial charge in [0.15, 0.2) is 0 Å². The molecule has 0 unspecified atom stereocenters.